The molecule has 0 aliphatic heterocycles. The van der Waals surface area contributed by atoms with Crippen molar-refractivity contribution in [1.29, 1.82) is 0 Å². The number of benzene rings is 1. The molecule has 1 fully saturated rings. The normalized spacial score (nSPS) is 15.6. The van der Waals surface area contributed by atoms with Gasteiger partial charge in [-0.1, -0.05) is 18.2 Å². The van der Waals surface area contributed by atoms with E-state index in [-0.39, 0.29) is 0 Å². The van der Waals surface area contributed by atoms with Gasteiger partial charge in [-0.25, -0.2) is 0 Å². The Labute approximate surface area is 94.9 Å². The van der Waals surface area contributed by atoms with Gasteiger partial charge in [0.15, 0.2) is 6.29 Å². The van der Waals surface area contributed by atoms with Crippen LogP contribution in [0.3, 0.4) is 0 Å². The predicted octanol–water partition coefficient (Wildman–Crippen LogP) is 3.17. The summed E-state index contributed by atoms with van der Waals surface area (Å²) in [4.78, 5) is 11.1. The van der Waals surface area contributed by atoms with Crippen molar-refractivity contribution in [3.8, 4) is 0 Å². The summed E-state index contributed by atoms with van der Waals surface area (Å²) in [6.45, 7) is 3.11. The molecule has 1 aliphatic carbocycles. The summed E-state index contributed by atoms with van der Waals surface area (Å²) >= 11 is 0. The number of aromatic nitrogens is 1. The first-order valence-corrected chi connectivity index (χ1v) is 5.83. The van der Waals surface area contributed by atoms with Crippen LogP contribution < -0.4 is 0 Å². The van der Waals surface area contributed by atoms with Crippen molar-refractivity contribution in [3.05, 3.63) is 35.5 Å². The van der Waals surface area contributed by atoms with Gasteiger partial charge in [0, 0.05) is 11.9 Å². The highest BCUT2D eigenvalue weighted by atomic mass is 16.1. The number of fused-ring (bicyclic) bond motifs is 1. The Balaban J connectivity index is 2.23. The predicted molar refractivity (Wildman–Crippen MR) is 64.8 cm³/mol. The zero-order valence-electron chi connectivity index (χ0n) is 9.44. The average molecular weight is 213 g/mol. The van der Waals surface area contributed by atoms with E-state index in [4.69, 9.17) is 0 Å². The quantitative estimate of drug-likeness (QED) is 0.718. The van der Waals surface area contributed by atoms with E-state index >= 15 is 0 Å². The van der Waals surface area contributed by atoms with Gasteiger partial charge in [-0.05, 0) is 37.3 Å². The summed E-state index contributed by atoms with van der Waals surface area (Å²) in [7, 11) is 0. The molecular formula is C14H15NO. The van der Waals surface area contributed by atoms with E-state index in [0.717, 1.165) is 24.4 Å². The fourth-order valence-corrected chi connectivity index (χ4v) is 2.39. The van der Waals surface area contributed by atoms with Crippen LogP contribution in [0.5, 0.6) is 0 Å². The molecule has 0 amide bonds. The van der Waals surface area contributed by atoms with Crippen molar-refractivity contribution in [3.63, 3.8) is 0 Å². The van der Waals surface area contributed by atoms with Crippen molar-refractivity contribution in [2.45, 2.75) is 26.3 Å². The Morgan fingerprint density at radius 3 is 2.94 bits per heavy atom. The molecule has 2 nitrogen and oxygen atoms in total. The number of hydrogen-bond donors (Lipinski definition) is 0. The van der Waals surface area contributed by atoms with Gasteiger partial charge in [-0.15, -0.1) is 0 Å². The third-order valence-electron chi connectivity index (χ3n) is 3.41. The molecule has 2 aromatic rings. The Morgan fingerprint density at radius 2 is 2.25 bits per heavy atom. The number of carbonyl (C=O) groups excluding carboxylic acids is 1. The molecule has 3 rings (SSSR count). The summed E-state index contributed by atoms with van der Waals surface area (Å²) in [6.07, 6.45) is 3.59. The summed E-state index contributed by atoms with van der Waals surface area (Å²) < 4.78 is 2.19. The van der Waals surface area contributed by atoms with E-state index in [9.17, 15) is 4.79 Å². The Kier molecular flexibility index (Phi) is 2.10. The fourth-order valence-electron chi connectivity index (χ4n) is 2.39. The Morgan fingerprint density at radius 1 is 1.44 bits per heavy atom. The third kappa shape index (κ3) is 1.45. The molecule has 0 spiro atoms. The van der Waals surface area contributed by atoms with Gasteiger partial charge in [0.1, 0.15) is 0 Å². The van der Waals surface area contributed by atoms with Gasteiger partial charge in [0.05, 0.1) is 11.2 Å². The first-order chi connectivity index (χ1) is 7.79. The van der Waals surface area contributed by atoms with Gasteiger partial charge in [0.25, 0.3) is 0 Å². The number of hydrogen-bond acceptors (Lipinski definition) is 1. The van der Waals surface area contributed by atoms with Gasteiger partial charge < -0.3 is 4.57 Å². The lowest BCUT2D eigenvalue weighted by Crippen LogP contribution is -2.04. The first-order valence-electron chi connectivity index (χ1n) is 5.83. The van der Waals surface area contributed by atoms with Crippen LogP contribution in [0.15, 0.2) is 24.3 Å². The van der Waals surface area contributed by atoms with E-state index in [1.54, 1.807) is 0 Å². The Hall–Kier alpha value is -1.57. The number of aldehydes is 1. The molecule has 0 radical (unpaired) electrons. The fraction of sp³-hybridized carbons (Fsp3) is 0.357. The number of nitrogens with zero attached hydrogens (tertiary/aromatic N) is 1. The molecule has 0 saturated heterocycles. The van der Waals surface area contributed by atoms with Crippen molar-refractivity contribution in [2.75, 3.05) is 0 Å². The summed E-state index contributed by atoms with van der Waals surface area (Å²) in [5.41, 5.74) is 3.30. The smallest absolute Gasteiger partial charge is 0.166 e. The SMILES string of the molecule is Cc1cccc2cc(C=O)n(CC3CC3)c12. The third-order valence-corrected chi connectivity index (χ3v) is 3.41. The molecule has 16 heavy (non-hydrogen) atoms. The molecular weight excluding hydrogens is 198 g/mol. The van der Waals surface area contributed by atoms with E-state index in [1.165, 1.54) is 29.3 Å². The zero-order chi connectivity index (χ0) is 11.1. The van der Waals surface area contributed by atoms with E-state index in [1.807, 2.05) is 12.1 Å². The van der Waals surface area contributed by atoms with Crippen LogP contribution in [0.2, 0.25) is 0 Å². The molecule has 0 bridgehead atoms. The van der Waals surface area contributed by atoms with Crippen LogP contribution in [0.25, 0.3) is 10.9 Å². The second-order valence-corrected chi connectivity index (χ2v) is 4.75. The minimum Gasteiger partial charge on any atom is -0.338 e. The largest absolute Gasteiger partial charge is 0.338 e. The molecule has 0 N–H and O–H groups in total. The molecule has 1 aromatic heterocycles. The van der Waals surface area contributed by atoms with Crippen LogP contribution in [-0.4, -0.2) is 10.9 Å². The summed E-state index contributed by atoms with van der Waals surface area (Å²) in [6, 6.07) is 8.24. The van der Waals surface area contributed by atoms with Gasteiger partial charge >= 0.3 is 0 Å². The van der Waals surface area contributed by atoms with E-state index in [2.05, 4.69) is 23.6 Å². The lowest BCUT2D eigenvalue weighted by atomic mass is 10.2. The number of rotatable bonds is 3. The highest BCUT2D eigenvalue weighted by Gasteiger charge is 2.23. The van der Waals surface area contributed by atoms with Crippen molar-refractivity contribution >= 4 is 17.2 Å². The standard InChI is InChI=1S/C14H15NO/c1-10-3-2-4-12-7-13(9-16)15(14(10)12)8-11-5-6-11/h2-4,7,9,11H,5-6,8H2,1H3. The lowest BCUT2D eigenvalue weighted by Gasteiger charge is -2.08. The van der Waals surface area contributed by atoms with E-state index < -0.39 is 0 Å². The summed E-state index contributed by atoms with van der Waals surface area (Å²) in [5.74, 6) is 0.786. The molecule has 1 saturated carbocycles. The van der Waals surface area contributed by atoms with E-state index in [0.29, 0.717) is 0 Å². The van der Waals surface area contributed by atoms with Crippen LogP contribution in [-0.2, 0) is 6.54 Å². The lowest BCUT2D eigenvalue weighted by molar-refractivity contribution is 0.111. The molecule has 0 atom stereocenters. The average Bonchev–Trinajstić information content (AvgIpc) is 3.00. The van der Waals surface area contributed by atoms with Crippen LogP contribution in [0, 0.1) is 12.8 Å². The molecule has 1 aromatic carbocycles. The molecule has 0 unspecified atom stereocenters. The second-order valence-electron chi connectivity index (χ2n) is 4.75. The number of aryl methyl sites for hydroxylation is 1. The van der Waals surface area contributed by atoms with Crippen LogP contribution in [0.4, 0.5) is 0 Å². The number of carbonyl (C=O) groups is 1. The molecule has 82 valence electrons. The van der Waals surface area contributed by atoms with Crippen LogP contribution in [0.1, 0.15) is 28.9 Å². The minimum atomic E-state index is 0.786. The van der Waals surface area contributed by atoms with Crippen molar-refractivity contribution in [2.24, 2.45) is 5.92 Å². The monoisotopic (exact) mass is 213 g/mol. The highest BCUT2D eigenvalue weighted by Crippen LogP contribution is 2.33. The van der Waals surface area contributed by atoms with Gasteiger partial charge in [0.2, 0.25) is 0 Å². The maximum Gasteiger partial charge on any atom is 0.166 e. The number of para-hydroxylation sites is 1. The topological polar surface area (TPSA) is 22.0 Å². The molecule has 1 heterocycles. The van der Waals surface area contributed by atoms with Crippen molar-refractivity contribution < 1.29 is 4.79 Å². The molecule has 1 aliphatic rings. The van der Waals surface area contributed by atoms with Gasteiger partial charge in [-0.2, -0.15) is 0 Å². The van der Waals surface area contributed by atoms with Gasteiger partial charge in [-0.3, -0.25) is 4.79 Å². The highest BCUT2D eigenvalue weighted by molar-refractivity contribution is 5.90. The van der Waals surface area contributed by atoms with Crippen LogP contribution >= 0.6 is 0 Å². The maximum atomic E-state index is 11.1. The Bertz CT molecular complexity index is 549. The molecule has 2 heteroatoms. The van der Waals surface area contributed by atoms with Crippen molar-refractivity contribution in [1.82, 2.24) is 4.57 Å². The first kappa shape index (κ1) is 9.64. The minimum absolute atomic E-state index is 0.786. The maximum absolute atomic E-state index is 11.1. The summed E-state index contributed by atoms with van der Waals surface area (Å²) in [5, 5.41) is 1.18. The zero-order valence-corrected chi connectivity index (χ0v) is 9.44. The second kappa shape index (κ2) is 3.48.